The van der Waals surface area contributed by atoms with Gasteiger partial charge in [0.15, 0.2) is 11.5 Å². The highest BCUT2D eigenvalue weighted by molar-refractivity contribution is 5.95. The number of carbonyl (C=O) groups is 1. The van der Waals surface area contributed by atoms with Gasteiger partial charge in [-0.2, -0.15) is 0 Å². The summed E-state index contributed by atoms with van der Waals surface area (Å²) in [4.78, 5) is 15.1. The van der Waals surface area contributed by atoms with E-state index in [-0.39, 0.29) is 30.0 Å². The third-order valence-electron chi connectivity index (χ3n) is 6.38. The van der Waals surface area contributed by atoms with Crippen molar-refractivity contribution in [1.29, 1.82) is 0 Å². The predicted octanol–water partition coefficient (Wildman–Crippen LogP) is 5.55. The Morgan fingerprint density at radius 1 is 1.06 bits per heavy atom. The van der Waals surface area contributed by atoms with E-state index in [4.69, 9.17) is 18.9 Å². The minimum absolute atomic E-state index is 0.00587. The second kappa shape index (κ2) is 9.82. The van der Waals surface area contributed by atoms with Gasteiger partial charge in [0.1, 0.15) is 17.2 Å². The summed E-state index contributed by atoms with van der Waals surface area (Å²) < 4.78 is 37.7. The van der Waals surface area contributed by atoms with Crippen LogP contribution in [0.5, 0.6) is 17.2 Å². The summed E-state index contributed by atoms with van der Waals surface area (Å²) in [6, 6.07) is 9.93. The quantitative estimate of drug-likeness (QED) is 0.553. The van der Waals surface area contributed by atoms with E-state index in [2.05, 4.69) is 0 Å². The van der Waals surface area contributed by atoms with Crippen LogP contribution in [0.3, 0.4) is 0 Å². The number of rotatable bonds is 6. The molecule has 1 atom stereocenters. The third kappa shape index (κ3) is 5.14. The van der Waals surface area contributed by atoms with Crippen LogP contribution >= 0.6 is 0 Å². The van der Waals surface area contributed by atoms with E-state index < -0.39 is 5.60 Å². The van der Waals surface area contributed by atoms with Gasteiger partial charge in [0.2, 0.25) is 0 Å². The molecular formula is C27H34FNO5. The molecule has 1 fully saturated rings. The number of hydrogen-bond acceptors (Lipinski definition) is 5. The van der Waals surface area contributed by atoms with Gasteiger partial charge in [0.25, 0.3) is 5.91 Å². The molecule has 1 spiro atoms. The predicted molar refractivity (Wildman–Crippen MR) is 127 cm³/mol. The van der Waals surface area contributed by atoms with Crippen LogP contribution in [0.15, 0.2) is 36.4 Å². The van der Waals surface area contributed by atoms with E-state index in [0.717, 1.165) is 5.56 Å². The van der Waals surface area contributed by atoms with Crippen molar-refractivity contribution >= 4 is 5.91 Å². The summed E-state index contributed by atoms with van der Waals surface area (Å²) in [5, 5.41) is 0. The number of carbonyl (C=O) groups excluding carboxylic acids is 1. The van der Waals surface area contributed by atoms with Crippen molar-refractivity contribution in [2.24, 2.45) is 0 Å². The number of piperidine rings is 1. The Morgan fingerprint density at radius 3 is 2.44 bits per heavy atom. The first-order valence-electron chi connectivity index (χ1n) is 12.0. The van der Waals surface area contributed by atoms with Crippen molar-refractivity contribution in [3.63, 3.8) is 0 Å². The molecule has 2 aromatic rings. The highest BCUT2D eigenvalue weighted by atomic mass is 19.1. The fraction of sp³-hybridized carbons (Fsp3) is 0.519. The normalized spacial score (nSPS) is 19.2. The molecule has 0 aliphatic carbocycles. The number of nitrogens with zero attached hydrogens (tertiary/aromatic N) is 1. The van der Waals surface area contributed by atoms with E-state index in [9.17, 15) is 9.18 Å². The molecule has 1 saturated heterocycles. The second-order valence-corrected chi connectivity index (χ2v) is 9.67. The van der Waals surface area contributed by atoms with Crippen LogP contribution in [0.1, 0.15) is 69.0 Å². The maximum Gasteiger partial charge on any atom is 0.253 e. The van der Waals surface area contributed by atoms with Crippen molar-refractivity contribution in [2.75, 3.05) is 20.2 Å². The molecule has 0 radical (unpaired) electrons. The lowest BCUT2D eigenvalue weighted by molar-refractivity contribution is -0.0873. The van der Waals surface area contributed by atoms with E-state index in [1.165, 1.54) is 12.1 Å². The lowest BCUT2D eigenvalue weighted by Crippen LogP contribution is -2.52. The highest BCUT2D eigenvalue weighted by Crippen LogP contribution is 2.46. The summed E-state index contributed by atoms with van der Waals surface area (Å²) in [5.74, 6) is 1.31. The Balaban J connectivity index is 1.48. The molecule has 2 aliphatic rings. The van der Waals surface area contributed by atoms with Gasteiger partial charge in [-0.3, -0.25) is 4.79 Å². The molecule has 0 N–H and O–H groups in total. The number of benzene rings is 2. The zero-order chi connectivity index (χ0) is 24.5. The van der Waals surface area contributed by atoms with Gasteiger partial charge >= 0.3 is 0 Å². The monoisotopic (exact) mass is 471 g/mol. The molecule has 2 heterocycles. The Hall–Kier alpha value is -2.80. The SMILES string of the molecule is COc1cc(C(=O)N2CCC3(CC2)CC(OC(C)C)c2ccc(F)cc2O3)ccc1OC(C)C. The summed E-state index contributed by atoms with van der Waals surface area (Å²) in [7, 11) is 1.57. The summed E-state index contributed by atoms with van der Waals surface area (Å²) in [6.45, 7) is 8.98. The van der Waals surface area contributed by atoms with Gasteiger partial charge in [0, 0.05) is 49.5 Å². The molecule has 0 aromatic heterocycles. The van der Waals surface area contributed by atoms with Gasteiger partial charge in [0.05, 0.1) is 25.4 Å². The van der Waals surface area contributed by atoms with Gasteiger partial charge in [-0.1, -0.05) is 0 Å². The maximum atomic E-state index is 14.0. The Labute approximate surface area is 200 Å². The maximum absolute atomic E-state index is 14.0. The fourth-order valence-electron chi connectivity index (χ4n) is 4.79. The number of methoxy groups -OCH3 is 1. The second-order valence-electron chi connectivity index (χ2n) is 9.67. The number of ether oxygens (including phenoxy) is 4. The van der Waals surface area contributed by atoms with Crippen LogP contribution in [0.4, 0.5) is 4.39 Å². The average Bonchev–Trinajstić information content (AvgIpc) is 2.78. The molecule has 34 heavy (non-hydrogen) atoms. The highest BCUT2D eigenvalue weighted by Gasteiger charge is 2.45. The fourth-order valence-corrected chi connectivity index (χ4v) is 4.79. The topological polar surface area (TPSA) is 57.2 Å². The van der Waals surface area contributed by atoms with Gasteiger partial charge in [-0.15, -0.1) is 0 Å². The van der Waals surface area contributed by atoms with Crippen molar-refractivity contribution in [1.82, 2.24) is 4.90 Å². The largest absolute Gasteiger partial charge is 0.493 e. The van der Waals surface area contributed by atoms with Crippen LogP contribution in [0.2, 0.25) is 0 Å². The van der Waals surface area contributed by atoms with Gasteiger partial charge in [-0.05, 0) is 58.0 Å². The number of fused-ring (bicyclic) bond motifs is 1. The van der Waals surface area contributed by atoms with Gasteiger partial charge in [-0.25, -0.2) is 4.39 Å². The minimum atomic E-state index is -0.482. The molecule has 1 unspecified atom stereocenters. The summed E-state index contributed by atoms with van der Waals surface area (Å²) >= 11 is 0. The standard InChI is InChI=1S/C27H34FNO5/c1-17(2)32-22-9-6-19(14-24(22)31-5)26(30)29-12-10-27(11-13-29)16-25(33-18(3)4)21-8-7-20(28)15-23(21)34-27/h6-9,14-15,17-18,25H,10-13,16H2,1-5H3. The lowest BCUT2D eigenvalue weighted by atomic mass is 9.81. The molecule has 2 aliphatic heterocycles. The van der Waals surface area contributed by atoms with Gasteiger partial charge < -0.3 is 23.8 Å². The third-order valence-corrected chi connectivity index (χ3v) is 6.38. The smallest absolute Gasteiger partial charge is 0.253 e. The van der Waals surface area contributed by atoms with Crippen LogP contribution in [0, 0.1) is 5.82 Å². The molecule has 0 bridgehead atoms. The molecule has 1 amide bonds. The number of halogens is 1. The van der Waals surface area contributed by atoms with Crippen molar-refractivity contribution in [2.45, 2.75) is 70.9 Å². The Bertz CT molecular complexity index is 1030. The summed E-state index contributed by atoms with van der Waals surface area (Å²) in [5.41, 5.74) is 0.959. The van der Waals surface area contributed by atoms with E-state index in [0.29, 0.717) is 55.2 Å². The molecule has 0 saturated carbocycles. The molecule has 184 valence electrons. The molecule has 4 rings (SSSR count). The van der Waals surface area contributed by atoms with Crippen molar-refractivity contribution < 1.29 is 28.1 Å². The zero-order valence-electron chi connectivity index (χ0n) is 20.6. The van der Waals surface area contributed by atoms with Crippen LogP contribution in [-0.4, -0.2) is 48.8 Å². The number of amides is 1. The van der Waals surface area contributed by atoms with Crippen LogP contribution in [0.25, 0.3) is 0 Å². The first kappa shape index (κ1) is 24.3. The molecule has 7 heteroatoms. The minimum Gasteiger partial charge on any atom is -0.493 e. The van der Waals surface area contributed by atoms with Crippen LogP contribution in [-0.2, 0) is 4.74 Å². The van der Waals surface area contributed by atoms with Crippen LogP contribution < -0.4 is 14.2 Å². The number of hydrogen-bond donors (Lipinski definition) is 0. The lowest BCUT2D eigenvalue weighted by Gasteiger charge is -2.47. The zero-order valence-corrected chi connectivity index (χ0v) is 20.6. The Morgan fingerprint density at radius 2 is 1.79 bits per heavy atom. The number of likely N-dealkylation sites (tertiary alicyclic amines) is 1. The van der Waals surface area contributed by atoms with E-state index in [1.807, 2.05) is 32.6 Å². The van der Waals surface area contributed by atoms with Crippen molar-refractivity contribution in [3.05, 3.63) is 53.3 Å². The summed E-state index contributed by atoms with van der Waals surface area (Å²) in [6.07, 6.45) is 1.87. The first-order valence-corrected chi connectivity index (χ1v) is 12.0. The Kier molecular flexibility index (Phi) is 7.03. The average molecular weight is 472 g/mol. The molecule has 6 nitrogen and oxygen atoms in total. The van der Waals surface area contributed by atoms with E-state index in [1.54, 1.807) is 31.4 Å². The molecule has 2 aromatic carbocycles. The van der Waals surface area contributed by atoms with Crippen molar-refractivity contribution in [3.8, 4) is 17.2 Å². The first-order chi connectivity index (χ1) is 16.2. The van der Waals surface area contributed by atoms with E-state index >= 15 is 0 Å². The molecular weight excluding hydrogens is 437 g/mol.